The second-order valence-corrected chi connectivity index (χ2v) is 13.8. The van der Waals surface area contributed by atoms with Gasteiger partial charge in [-0.3, -0.25) is 4.90 Å². The Bertz CT molecular complexity index is 895. The van der Waals surface area contributed by atoms with Crippen molar-refractivity contribution in [2.75, 3.05) is 19.7 Å². The Morgan fingerprint density at radius 3 is 2.29 bits per heavy atom. The van der Waals surface area contributed by atoms with E-state index in [1.165, 1.54) is 4.57 Å². The van der Waals surface area contributed by atoms with Gasteiger partial charge < -0.3 is 24.7 Å². The van der Waals surface area contributed by atoms with Crippen LogP contribution >= 0.6 is 0 Å². The molecule has 0 N–H and O–H groups in total. The van der Waals surface area contributed by atoms with Crippen molar-refractivity contribution in [1.82, 2.24) is 14.5 Å². The highest BCUT2D eigenvalue weighted by molar-refractivity contribution is 6.74. The first-order valence-corrected chi connectivity index (χ1v) is 13.1. The maximum Gasteiger partial charge on any atom is 0.439 e. The first-order valence-electron chi connectivity index (χ1n) is 10.2. The molecule has 2 rings (SSSR count). The highest BCUT2D eigenvalue weighted by Crippen LogP contribution is 2.36. The van der Waals surface area contributed by atoms with Gasteiger partial charge in [-0.05, 0) is 38.5 Å². The summed E-state index contributed by atoms with van der Waals surface area (Å²) in [5.74, 6) is -1.05. The largest absolute Gasteiger partial charge is 0.439 e. The quantitative estimate of drug-likeness (QED) is 0.286. The maximum absolute atomic E-state index is 11.2. The lowest BCUT2D eigenvalue weighted by atomic mass is 10.2. The Hall–Kier alpha value is -2.63. The Labute approximate surface area is 183 Å². The molecule has 0 spiro atoms. The summed E-state index contributed by atoms with van der Waals surface area (Å²) in [6.45, 7) is 13.5. The molecular formula is C20H31N5O5Si. The van der Waals surface area contributed by atoms with Crippen molar-refractivity contribution < 1.29 is 14.3 Å². The van der Waals surface area contributed by atoms with Crippen LogP contribution in [0.5, 0.6) is 0 Å². The van der Waals surface area contributed by atoms with Gasteiger partial charge in [0.05, 0.1) is 6.54 Å². The van der Waals surface area contributed by atoms with Crippen molar-refractivity contribution in [2.45, 2.75) is 52.0 Å². The molecule has 0 saturated heterocycles. The van der Waals surface area contributed by atoms with Crippen LogP contribution in [0.2, 0.25) is 18.1 Å². The van der Waals surface area contributed by atoms with Gasteiger partial charge in [0, 0.05) is 26.2 Å². The SMILES string of the molecule is CC(C)(C)[Si](C)(C)OCCN(CCn1cc([N+](=O)[O-])nc1[N+](=O)[O-])Cc1ccccc1. The Morgan fingerprint density at radius 1 is 1.10 bits per heavy atom. The predicted octanol–water partition coefficient (Wildman–Crippen LogP) is 4.22. The number of imidazole rings is 1. The molecule has 10 nitrogen and oxygen atoms in total. The summed E-state index contributed by atoms with van der Waals surface area (Å²) >= 11 is 0. The monoisotopic (exact) mass is 449 g/mol. The molecule has 0 aliphatic heterocycles. The van der Waals surface area contributed by atoms with Crippen LogP contribution in [0.15, 0.2) is 36.5 Å². The van der Waals surface area contributed by atoms with E-state index in [0.717, 1.165) is 11.8 Å². The van der Waals surface area contributed by atoms with E-state index >= 15 is 0 Å². The van der Waals surface area contributed by atoms with Gasteiger partial charge in [-0.2, -0.15) is 0 Å². The molecule has 0 atom stereocenters. The van der Waals surface area contributed by atoms with E-state index in [4.69, 9.17) is 4.43 Å². The average molecular weight is 450 g/mol. The van der Waals surface area contributed by atoms with E-state index in [2.05, 4.69) is 43.7 Å². The van der Waals surface area contributed by atoms with Gasteiger partial charge in [-0.1, -0.05) is 51.1 Å². The van der Waals surface area contributed by atoms with E-state index in [9.17, 15) is 20.2 Å². The predicted molar refractivity (Wildman–Crippen MR) is 120 cm³/mol. The minimum absolute atomic E-state index is 0.105. The fourth-order valence-electron chi connectivity index (χ4n) is 2.80. The van der Waals surface area contributed by atoms with Crippen molar-refractivity contribution in [3.05, 3.63) is 62.3 Å². The second kappa shape index (κ2) is 10.1. The van der Waals surface area contributed by atoms with Crippen molar-refractivity contribution in [2.24, 2.45) is 0 Å². The third kappa shape index (κ3) is 6.94. The Kier molecular flexibility index (Phi) is 8.04. The van der Waals surface area contributed by atoms with Crippen molar-refractivity contribution in [3.8, 4) is 0 Å². The molecule has 31 heavy (non-hydrogen) atoms. The number of rotatable bonds is 11. The van der Waals surface area contributed by atoms with Crippen LogP contribution in [-0.2, 0) is 17.5 Å². The zero-order valence-corrected chi connectivity index (χ0v) is 19.8. The smallest absolute Gasteiger partial charge is 0.416 e. The molecule has 0 aliphatic rings. The van der Waals surface area contributed by atoms with Gasteiger partial charge in [0.15, 0.2) is 14.5 Å². The van der Waals surface area contributed by atoms with E-state index in [0.29, 0.717) is 26.2 Å². The van der Waals surface area contributed by atoms with Gasteiger partial charge >= 0.3 is 11.8 Å². The van der Waals surface area contributed by atoms with Crippen molar-refractivity contribution >= 4 is 20.1 Å². The molecule has 1 heterocycles. The van der Waals surface area contributed by atoms with Crippen molar-refractivity contribution in [3.63, 3.8) is 0 Å². The van der Waals surface area contributed by atoms with Gasteiger partial charge in [0.25, 0.3) is 0 Å². The molecule has 11 heteroatoms. The molecule has 0 amide bonds. The first kappa shape index (κ1) is 24.6. The molecule has 2 aromatic rings. The van der Waals surface area contributed by atoms with Crippen LogP contribution in [0.4, 0.5) is 11.8 Å². The lowest BCUT2D eigenvalue weighted by Gasteiger charge is -2.36. The summed E-state index contributed by atoms with van der Waals surface area (Å²) in [4.78, 5) is 26.4. The summed E-state index contributed by atoms with van der Waals surface area (Å²) in [5, 5.41) is 22.3. The van der Waals surface area contributed by atoms with Gasteiger partial charge in [-0.25, -0.2) is 4.57 Å². The van der Waals surface area contributed by atoms with E-state index in [1.54, 1.807) is 0 Å². The molecule has 0 unspecified atom stereocenters. The Morgan fingerprint density at radius 2 is 1.74 bits per heavy atom. The highest BCUT2D eigenvalue weighted by atomic mass is 28.4. The van der Waals surface area contributed by atoms with Crippen LogP contribution in [0, 0.1) is 20.2 Å². The lowest BCUT2D eigenvalue weighted by molar-refractivity contribution is -0.403. The fraction of sp³-hybridized carbons (Fsp3) is 0.550. The number of nitrogens with zero attached hydrogens (tertiary/aromatic N) is 5. The minimum Gasteiger partial charge on any atom is -0.416 e. The molecular weight excluding hydrogens is 418 g/mol. The first-order chi connectivity index (χ1) is 14.4. The number of hydrogen-bond acceptors (Lipinski definition) is 7. The van der Waals surface area contributed by atoms with Gasteiger partial charge in [-0.15, -0.1) is 0 Å². The zero-order valence-electron chi connectivity index (χ0n) is 18.8. The average Bonchev–Trinajstić information content (AvgIpc) is 3.11. The third-order valence-electron chi connectivity index (χ3n) is 5.68. The van der Waals surface area contributed by atoms with Gasteiger partial charge in [0.2, 0.25) is 0 Å². The molecule has 0 fully saturated rings. The molecule has 1 aromatic heterocycles. The lowest BCUT2D eigenvalue weighted by Crippen LogP contribution is -2.43. The topological polar surface area (TPSA) is 117 Å². The fourth-order valence-corrected chi connectivity index (χ4v) is 3.83. The maximum atomic E-state index is 11.2. The normalized spacial score (nSPS) is 12.3. The molecule has 0 radical (unpaired) electrons. The van der Waals surface area contributed by atoms with Gasteiger partial charge in [0.1, 0.15) is 0 Å². The molecule has 170 valence electrons. The molecule has 0 aliphatic carbocycles. The van der Waals surface area contributed by atoms with Crippen molar-refractivity contribution in [1.29, 1.82) is 0 Å². The van der Waals surface area contributed by atoms with Crippen LogP contribution in [-0.4, -0.2) is 52.3 Å². The van der Waals surface area contributed by atoms with E-state index in [1.807, 2.05) is 30.3 Å². The zero-order chi connectivity index (χ0) is 23.2. The van der Waals surface area contributed by atoms with Crippen LogP contribution in [0.25, 0.3) is 0 Å². The molecule has 1 aromatic carbocycles. The molecule has 0 saturated carbocycles. The summed E-state index contributed by atoms with van der Waals surface area (Å²) < 4.78 is 7.52. The standard InChI is InChI=1S/C20H31N5O5Si/c1-20(2,3)31(4,5)30-14-13-22(15-17-9-7-6-8-10-17)11-12-23-16-18(24(26)27)21-19(23)25(28)29/h6-10,16H,11-15H2,1-5H3. The molecule has 0 bridgehead atoms. The number of benzene rings is 1. The van der Waals surface area contributed by atoms with E-state index in [-0.39, 0.29) is 11.6 Å². The van der Waals surface area contributed by atoms with Crippen LogP contribution in [0.3, 0.4) is 0 Å². The minimum atomic E-state index is -1.89. The van der Waals surface area contributed by atoms with Crippen LogP contribution < -0.4 is 0 Å². The number of aromatic nitrogens is 2. The summed E-state index contributed by atoms with van der Waals surface area (Å²) in [6.07, 6.45) is 1.12. The number of nitro groups is 2. The summed E-state index contributed by atoms with van der Waals surface area (Å²) in [6, 6.07) is 9.91. The third-order valence-corrected chi connectivity index (χ3v) is 10.2. The summed E-state index contributed by atoms with van der Waals surface area (Å²) in [7, 11) is -1.89. The highest BCUT2D eigenvalue weighted by Gasteiger charge is 2.37. The number of hydrogen-bond donors (Lipinski definition) is 0. The van der Waals surface area contributed by atoms with Crippen LogP contribution in [0.1, 0.15) is 26.3 Å². The second-order valence-electron chi connectivity index (χ2n) is 8.98. The van der Waals surface area contributed by atoms with E-state index < -0.39 is 29.9 Å². The summed E-state index contributed by atoms with van der Waals surface area (Å²) in [5.41, 5.74) is 1.11. The Balaban J connectivity index is 2.10.